The molecular formula is C14H20N2O3S2. The number of benzene rings is 1. The van der Waals surface area contributed by atoms with Crippen LogP contribution in [0.25, 0.3) is 0 Å². The van der Waals surface area contributed by atoms with Crippen LogP contribution in [0, 0.1) is 0 Å². The molecule has 0 spiro atoms. The van der Waals surface area contributed by atoms with Crippen LogP contribution in [0.5, 0.6) is 0 Å². The van der Waals surface area contributed by atoms with Gasteiger partial charge in [0.15, 0.2) is 0 Å². The van der Waals surface area contributed by atoms with Gasteiger partial charge in [-0.25, -0.2) is 8.42 Å². The molecule has 1 fully saturated rings. The van der Waals surface area contributed by atoms with Crippen molar-refractivity contribution in [3.05, 3.63) is 29.8 Å². The van der Waals surface area contributed by atoms with E-state index in [-0.39, 0.29) is 15.9 Å². The van der Waals surface area contributed by atoms with E-state index in [2.05, 4.69) is 0 Å². The molecule has 0 aromatic heterocycles. The van der Waals surface area contributed by atoms with Crippen LogP contribution in [0.15, 0.2) is 29.2 Å². The SMILES string of the molecule is CN(C1CCCCC1O)S(=O)(=O)c1cccc(C(N)=S)c1. The summed E-state index contributed by atoms with van der Waals surface area (Å²) in [7, 11) is -2.15. The van der Waals surface area contributed by atoms with Crippen molar-refractivity contribution in [1.29, 1.82) is 0 Å². The molecule has 7 heteroatoms. The quantitative estimate of drug-likeness (QED) is 0.813. The lowest BCUT2D eigenvalue weighted by molar-refractivity contribution is 0.0638. The summed E-state index contributed by atoms with van der Waals surface area (Å²) in [6, 6.07) is 5.91. The van der Waals surface area contributed by atoms with Gasteiger partial charge in [0, 0.05) is 12.6 Å². The third-order valence-corrected chi connectivity index (χ3v) is 6.07. The lowest BCUT2D eigenvalue weighted by Gasteiger charge is -2.34. The summed E-state index contributed by atoms with van der Waals surface area (Å²) in [5, 5.41) is 10.0. The Labute approximate surface area is 130 Å². The van der Waals surface area contributed by atoms with Crippen molar-refractivity contribution >= 4 is 27.2 Å². The molecule has 1 aromatic carbocycles. The van der Waals surface area contributed by atoms with E-state index in [4.69, 9.17) is 18.0 Å². The predicted octanol–water partition coefficient (Wildman–Crippen LogP) is 1.24. The predicted molar refractivity (Wildman–Crippen MR) is 85.5 cm³/mol. The standard InChI is InChI=1S/C14H20N2O3S2/c1-16(12-7-2-3-8-13(12)17)21(18,19)11-6-4-5-10(9-11)14(15)20/h4-6,9,12-13,17H,2-3,7-8H2,1H3,(H2,15,20). The van der Waals surface area contributed by atoms with Gasteiger partial charge in [-0.1, -0.05) is 37.2 Å². The van der Waals surface area contributed by atoms with Gasteiger partial charge >= 0.3 is 0 Å². The molecule has 1 aliphatic carbocycles. The molecule has 21 heavy (non-hydrogen) atoms. The number of nitrogens with two attached hydrogens (primary N) is 1. The van der Waals surface area contributed by atoms with Gasteiger partial charge in [-0.15, -0.1) is 0 Å². The number of hydrogen-bond acceptors (Lipinski definition) is 4. The Hall–Kier alpha value is -1.02. The number of likely N-dealkylation sites (N-methyl/N-ethyl adjacent to an activating group) is 1. The first-order valence-electron chi connectivity index (χ1n) is 6.90. The van der Waals surface area contributed by atoms with Gasteiger partial charge in [0.1, 0.15) is 4.99 Å². The Morgan fingerprint density at radius 2 is 2.05 bits per heavy atom. The molecular weight excluding hydrogens is 308 g/mol. The zero-order chi connectivity index (χ0) is 15.6. The minimum atomic E-state index is -3.67. The maximum Gasteiger partial charge on any atom is 0.243 e. The van der Waals surface area contributed by atoms with Crippen LogP contribution in [0.2, 0.25) is 0 Å². The largest absolute Gasteiger partial charge is 0.391 e. The van der Waals surface area contributed by atoms with E-state index in [0.717, 1.165) is 12.8 Å². The zero-order valence-corrected chi connectivity index (χ0v) is 13.5. The summed E-state index contributed by atoms with van der Waals surface area (Å²) in [6.45, 7) is 0. The highest BCUT2D eigenvalue weighted by molar-refractivity contribution is 7.89. The second-order valence-electron chi connectivity index (χ2n) is 5.33. The molecule has 0 bridgehead atoms. The van der Waals surface area contributed by atoms with Gasteiger partial charge in [0.25, 0.3) is 0 Å². The van der Waals surface area contributed by atoms with Crippen LogP contribution in [0.3, 0.4) is 0 Å². The van der Waals surface area contributed by atoms with E-state index < -0.39 is 16.1 Å². The van der Waals surface area contributed by atoms with E-state index in [1.54, 1.807) is 12.1 Å². The van der Waals surface area contributed by atoms with Gasteiger partial charge in [-0.3, -0.25) is 0 Å². The Morgan fingerprint density at radius 1 is 1.38 bits per heavy atom. The third-order valence-electron chi connectivity index (χ3n) is 3.96. The smallest absolute Gasteiger partial charge is 0.243 e. The summed E-state index contributed by atoms with van der Waals surface area (Å²) in [5.74, 6) is 0. The third kappa shape index (κ3) is 3.42. The molecule has 0 amide bonds. The van der Waals surface area contributed by atoms with Crippen molar-refractivity contribution in [2.75, 3.05) is 7.05 Å². The molecule has 3 N–H and O–H groups in total. The number of nitrogens with zero attached hydrogens (tertiary/aromatic N) is 1. The van der Waals surface area contributed by atoms with Gasteiger partial charge < -0.3 is 10.8 Å². The fraction of sp³-hybridized carbons (Fsp3) is 0.500. The first-order chi connectivity index (χ1) is 9.84. The lowest BCUT2D eigenvalue weighted by Crippen LogP contribution is -2.46. The van der Waals surface area contributed by atoms with Gasteiger partial charge in [0.2, 0.25) is 10.0 Å². The van der Waals surface area contributed by atoms with Crippen LogP contribution in [-0.2, 0) is 10.0 Å². The molecule has 2 unspecified atom stereocenters. The van der Waals surface area contributed by atoms with Crippen molar-refractivity contribution in [3.63, 3.8) is 0 Å². The highest BCUT2D eigenvalue weighted by Crippen LogP contribution is 2.27. The van der Waals surface area contributed by atoms with Crippen LogP contribution in [0.4, 0.5) is 0 Å². The minimum Gasteiger partial charge on any atom is -0.391 e. The average molecular weight is 328 g/mol. The summed E-state index contributed by atoms with van der Waals surface area (Å²) >= 11 is 4.88. The van der Waals surface area contributed by atoms with Crippen LogP contribution >= 0.6 is 12.2 Å². The minimum absolute atomic E-state index is 0.146. The highest BCUT2D eigenvalue weighted by Gasteiger charge is 2.34. The van der Waals surface area contributed by atoms with E-state index in [1.807, 2.05) is 0 Å². The van der Waals surface area contributed by atoms with E-state index >= 15 is 0 Å². The molecule has 0 saturated heterocycles. The van der Waals surface area contributed by atoms with Crippen LogP contribution in [-0.4, -0.2) is 42.0 Å². The fourth-order valence-corrected chi connectivity index (χ4v) is 4.26. The van der Waals surface area contributed by atoms with Crippen molar-refractivity contribution in [2.45, 2.75) is 42.7 Å². The maximum atomic E-state index is 12.7. The summed E-state index contributed by atoms with van der Waals surface area (Å²) in [4.78, 5) is 0.306. The Balaban J connectivity index is 2.32. The fourth-order valence-electron chi connectivity index (χ4n) is 2.67. The summed E-state index contributed by atoms with van der Waals surface area (Å²) < 4.78 is 26.6. The molecule has 0 radical (unpaired) electrons. The van der Waals surface area contributed by atoms with Crippen molar-refractivity contribution in [2.24, 2.45) is 5.73 Å². The molecule has 1 saturated carbocycles. The highest BCUT2D eigenvalue weighted by atomic mass is 32.2. The lowest BCUT2D eigenvalue weighted by atomic mass is 9.93. The molecule has 1 aliphatic rings. The maximum absolute atomic E-state index is 12.7. The Bertz CT molecular complexity index is 631. The van der Waals surface area contributed by atoms with Gasteiger partial charge in [0.05, 0.1) is 17.0 Å². The second kappa shape index (κ2) is 6.39. The average Bonchev–Trinajstić information content (AvgIpc) is 2.47. The van der Waals surface area contributed by atoms with E-state index in [1.165, 1.54) is 23.5 Å². The van der Waals surface area contributed by atoms with Crippen molar-refractivity contribution < 1.29 is 13.5 Å². The summed E-state index contributed by atoms with van der Waals surface area (Å²) in [5.41, 5.74) is 6.07. The molecule has 2 atom stereocenters. The molecule has 0 aliphatic heterocycles. The molecule has 116 valence electrons. The molecule has 0 heterocycles. The first-order valence-corrected chi connectivity index (χ1v) is 8.75. The Morgan fingerprint density at radius 3 is 2.67 bits per heavy atom. The van der Waals surface area contributed by atoms with Crippen LogP contribution in [0.1, 0.15) is 31.2 Å². The normalized spacial score (nSPS) is 23.2. The number of rotatable bonds is 4. The molecule has 5 nitrogen and oxygen atoms in total. The number of hydrogen-bond donors (Lipinski definition) is 2. The van der Waals surface area contributed by atoms with Crippen molar-refractivity contribution in [1.82, 2.24) is 4.31 Å². The second-order valence-corrected chi connectivity index (χ2v) is 7.77. The number of sulfonamides is 1. The topological polar surface area (TPSA) is 83.6 Å². The number of aliphatic hydroxyl groups excluding tert-OH is 1. The van der Waals surface area contributed by atoms with Crippen LogP contribution < -0.4 is 5.73 Å². The number of aliphatic hydroxyl groups is 1. The monoisotopic (exact) mass is 328 g/mol. The first kappa shape index (κ1) is 16.4. The summed E-state index contributed by atoms with van der Waals surface area (Å²) in [6.07, 6.45) is 2.55. The molecule has 1 aromatic rings. The zero-order valence-electron chi connectivity index (χ0n) is 11.9. The van der Waals surface area contributed by atoms with Gasteiger partial charge in [-0.2, -0.15) is 4.31 Å². The Kier molecular flexibility index (Phi) is 4.98. The van der Waals surface area contributed by atoms with Crippen molar-refractivity contribution in [3.8, 4) is 0 Å². The molecule has 2 rings (SSSR count). The van der Waals surface area contributed by atoms with E-state index in [0.29, 0.717) is 18.4 Å². The van der Waals surface area contributed by atoms with E-state index in [9.17, 15) is 13.5 Å². The van der Waals surface area contributed by atoms with Gasteiger partial charge in [-0.05, 0) is 25.0 Å². The number of thiocarbonyl (C=S) groups is 1.